The van der Waals surface area contributed by atoms with E-state index in [9.17, 15) is 9.59 Å². The van der Waals surface area contributed by atoms with Crippen LogP contribution in [0.3, 0.4) is 0 Å². The molecule has 7 heteroatoms. The van der Waals surface area contributed by atoms with Crippen molar-refractivity contribution >= 4 is 28.3 Å². The number of aliphatic carboxylic acids is 1. The molecule has 1 aromatic heterocycles. The van der Waals surface area contributed by atoms with Crippen molar-refractivity contribution in [1.82, 2.24) is 10.2 Å². The van der Waals surface area contributed by atoms with Gasteiger partial charge in [-0.2, -0.15) is 0 Å². The Morgan fingerprint density at radius 2 is 2.12 bits per heavy atom. The van der Waals surface area contributed by atoms with Gasteiger partial charge in [0.25, 0.3) is 0 Å². The smallest absolute Gasteiger partial charge is 0.319 e. The normalized spacial score (nSPS) is 11.1. The molecule has 1 aromatic rings. The van der Waals surface area contributed by atoms with Gasteiger partial charge in [-0.1, -0.05) is 25.2 Å². The van der Waals surface area contributed by atoms with Crippen LogP contribution in [0.1, 0.15) is 26.7 Å². The van der Waals surface area contributed by atoms with E-state index < -0.39 is 17.3 Å². The van der Waals surface area contributed by atoms with Crippen molar-refractivity contribution in [3.05, 3.63) is 5.51 Å². The quantitative estimate of drug-likeness (QED) is 0.762. The van der Waals surface area contributed by atoms with Gasteiger partial charge in [-0.15, -0.1) is 10.2 Å². The van der Waals surface area contributed by atoms with Gasteiger partial charge in [0.2, 0.25) is 11.0 Å². The second-order valence-corrected chi connectivity index (χ2v) is 4.13. The zero-order chi connectivity index (χ0) is 12.2. The predicted molar refractivity (Wildman–Crippen MR) is 59.2 cm³/mol. The van der Waals surface area contributed by atoms with Crippen LogP contribution in [-0.2, 0) is 9.59 Å². The third-order valence-electron chi connectivity index (χ3n) is 2.63. The number of amides is 1. The Morgan fingerprint density at radius 1 is 1.50 bits per heavy atom. The Bertz CT molecular complexity index is 373. The van der Waals surface area contributed by atoms with Gasteiger partial charge < -0.3 is 5.11 Å². The van der Waals surface area contributed by atoms with E-state index in [0.717, 1.165) is 11.3 Å². The number of carboxylic acids is 1. The molecule has 0 fully saturated rings. The van der Waals surface area contributed by atoms with E-state index in [2.05, 4.69) is 15.5 Å². The summed E-state index contributed by atoms with van der Waals surface area (Å²) in [6.45, 7) is 3.36. The molecule has 6 nitrogen and oxygen atoms in total. The third kappa shape index (κ3) is 2.19. The summed E-state index contributed by atoms with van der Waals surface area (Å²) in [6.07, 6.45) is 0.479. The van der Waals surface area contributed by atoms with Crippen molar-refractivity contribution in [1.29, 1.82) is 0 Å². The number of hydrogen-bond acceptors (Lipinski definition) is 5. The zero-order valence-electron chi connectivity index (χ0n) is 9.06. The summed E-state index contributed by atoms with van der Waals surface area (Å²) in [5, 5.41) is 19.1. The summed E-state index contributed by atoms with van der Waals surface area (Å²) in [6, 6.07) is 0. The van der Waals surface area contributed by atoms with Gasteiger partial charge in [0.15, 0.2) is 0 Å². The molecule has 0 bridgehead atoms. The lowest BCUT2D eigenvalue weighted by atomic mass is 9.81. The van der Waals surface area contributed by atoms with Crippen LogP contribution in [-0.4, -0.2) is 27.2 Å². The lowest BCUT2D eigenvalue weighted by molar-refractivity contribution is -0.154. The fourth-order valence-corrected chi connectivity index (χ4v) is 1.86. The Morgan fingerprint density at radius 3 is 2.50 bits per heavy atom. The Hall–Kier alpha value is -1.50. The van der Waals surface area contributed by atoms with E-state index >= 15 is 0 Å². The monoisotopic (exact) mass is 243 g/mol. The van der Waals surface area contributed by atoms with Gasteiger partial charge in [-0.3, -0.25) is 14.9 Å². The molecule has 0 unspecified atom stereocenters. The maximum absolute atomic E-state index is 11.9. The van der Waals surface area contributed by atoms with Crippen molar-refractivity contribution in [2.75, 3.05) is 5.32 Å². The standard InChI is InChI=1S/C9H13N3O3S/c1-3-9(4-2,7(14)15)6(13)11-8-12-10-5-16-8/h5H,3-4H2,1-2H3,(H,14,15)(H,11,12,13). The first-order valence-corrected chi connectivity index (χ1v) is 5.75. The number of rotatable bonds is 5. The van der Waals surface area contributed by atoms with Gasteiger partial charge in [-0.05, 0) is 12.8 Å². The molecule has 2 N–H and O–H groups in total. The molecule has 0 aliphatic carbocycles. The molecule has 0 aliphatic rings. The number of nitrogens with zero attached hydrogens (tertiary/aromatic N) is 2. The Kier molecular flexibility index (Phi) is 3.94. The first-order valence-electron chi connectivity index (χ1n) is 4.87. The van der Waals surface area contributed by atoms with Gasteiger partial charge in [0.05, 0.1) is 0 Å². The van der Waals surface area contributed by atoms with Gasteiger partial charge in [0.1, 0.15) is 10.9 Å². The lowest BCUT2D eigenvalue weighted by Crippen LogP contribution is -2.42. The lowest BCUT2D eigenvalue weighted by Gasteiger charge is -2.24. The van der Waals surface area contributed by atoms with Gasteiger partial charge >= 0.3 is 5.97 Å². The summed E-state index contributed by atoms with van der Waals surface area (Å²) in [5.41, 5.74) is 0.0849. The summed E-state index contributed by atoms with van der Waals surface area (Å²) < 4.78 is 0. The molecule has 0 radical (unpaired) electrons. The molecule has 0 aliphatic heterocycles. The highest BCUT2D eigenvalue weighted by atomic mass is 32.1. The van der Waals surface area contributed by atoms with Crippen molar-refractivity contribution in [3.8, 4) is 0 Å². The second kappa shape index (κ2) is 5.02. The van der Waals surface area contributed by atoms with Crippen LogP contribution in [0.2, 0.25) is 0 Å². The number of carbonyl (C=O) groups excluding carboxylic acids is 1. The second-order valence-electron chi connectivity index (χ2n) is 3.29. The average molecular weight is 243 g/mol. The molecule has 88 valence electrons. The van der Waals surface area contributed by atoms with Crippen molar-refractivity contribution < 1.29 is 14.7 Å². The molecule has 0 atom stereocenters. The zero-order valence-corrected chi connectivity index (χ0v) is 9.87. The average Bonchev–Trinajstić information content (AvgIpc) is 2.72. The van der Waals surface area contributed by atoms with Crippen LogP contribution in [0.4, 0.5) is 5.13 Å². The van der Waals surface area contributed by atoms with E-state index in [1.165, 1.54) is 5.51 Å². The van der Waals surface area contributed by atoms with Crippen LogP contribution in [0.5, 0.6) is 0 Å². The molecular weight excluding hydrogens is 230 g/mol. The first kappa shape index (κ1) is 12.6. The van der Waals surface area contributed by atoms with Crippen LogP contribution >= 0.6 is 11.3 Å². The highest BCUT2D eigenvalue weighted by Crippen LogP contribution is 2.28. The fourth-order valence-electron chi connectivity index (χ4n) is 1.41. The predicted octanol–water partition coefficient (Wildman–Crippen LogP) is 1.37. The maximum atomic E-state index is 11.9. The van der Waals surface area contributed by atoms with Crippen molar-refractivity contribution in [3.63, 3.8) is 0 Å². The van der Waals surface area contributed by atoms with Crippen LogP contribution < -0.4 is 5.32 Å². The van der Waals surface area contributed by atoms with Gasteiger partial charge in [0, 0.05) is 0 Å². The number of nitrogens with one attached hydrogen (secondary N) is 1. The summed E-state index contributed by atoms with van der Waals surface area (Å²) in [5.74, 6) is -1.65. The van der Waals surface area contributed by atoms with E-state index in [4.69, 9.17) is 5.11 Å². The Labute approximate surface area is 96.7 Å². The number of anilines is 1. The number of carboxylic acid groups (broad SMARTS) is 1. The molecule has 0 saturated heterocycles. The minimum Gasteiger partial charge on any atom is -0.480 e. The minimum absolute atomic E-state index is 0.240. The third-order valence-corrected chi connectivity index (χ3v) is 3.24. The van der Waals surface area contributed by atoms with Crippen molar-refractivity contribution in [2.45, 2.75) is 26.7 Å². The van der Waals surface area contributed by atoms with Crippen LogP contribution in [0, 0.1) is 5.41 Å². The van der Waals surface area contributed by atoms with E-state index in [1.807, 2.05) is 0 Å². The molecule has 0 saturated carbocycles. The Balaban J connectivity index is 2.88. The van der Waals surface area contributed by atoms with E-state index in [0.29, 0.717) is 5.13 Å². The molecule has 1 amide bonds. The highest BCUT2D eigenvalue weighted by Gasteiger charge is 2.43. The molecule has 1 rings (SSSR count). The topological polar surface area (TPSA) is 92.2 Å². The largest absolute Gasteiger partial charge is 0.480 e. The van der Waals surface area contributed by atoms with Gasteiger partial charge in [-0.25, -0.2) is 0 Å². The molecule has 1 heterocycles. The molecular formula is C9H13N3O3S. The minimum atomic E-state index is -1.38. The van der Waals surface area contributed by atoms with E-state index in [1.54, 1.807) is 13.8 Å². The maximum Gasteiger partial charge on any atom is 0.319 e. The molecule has 0 spiro atoms. The summed E-state index contributed by atoms with van der Waals surface area (Å²) in [4.78, 5) is 23.0. The molecule has 0 aromatic carbocycles. The number of aromatic nitrogens is 2. The first-order chi connectivity index (χ1) is 7.56. The van der Waals surface area contributed by atoms with E-state index in [-0.39, 0.29) is 12.8 Å². The van der Waals surface area contributed by atoms with Crippen LogP contribution in [0.25, 0.3) is 0 Å². The highest BCUT2D eigenvalue weighted by molar-refractivity contribution is 7.13. The summed E-state index contributed by atoms with van der Waals surface area (Å²) >= 11 is 1.15. The number of carbonyl (C=O) groups is 2. The summed E-state index contributed by atoms with van der Waals surface area (Å²) in [7, 11) is 0. The molecule has 16 heavy (non-hydrogen) atoms. The number of hydrogen-bond donors (Lipinski definition) is 2. The fraction of sp³-hybridized carbons (Fsp3) is 0.556. The van der Waals surface area contributed by atoms with Crippen molar-refractivity contribution in [2.24, 2.45) is 5.41 Å². The van der Waals surface area contributed by atoms with Crippen LogP contribution in [0.15, 0.2) is 5.51 Å². The SMILES string of the molecule is CCC(CC)(C(=O)O)C(=O)Nc1nncs1.